The van der Waals surface area contributed by atoms with E-state index in [2.05, 4.69) is 283 Å². The molecular formula is C71H52N10OS+4. The molecule has 83 heavy (non-hydrogen) atoms. The molecule has 0 aliphatic carbocycles. The largest absolute Gasteiger partial charge is 0.468 e. The van der Waals surface area contributed by atoms with E-state index in [0.29, 0.717) is 0 Å². The van der Waals surface area contributed by atoms with Crippen LogP contribution in [0.4, 0.5) is 0 Å². The van der Waals surface area contributed by atoms with Gasteiger partial charge in [-0.3, -0.25) is 0 Å². The second-order valence-electron chi connectivity index (χ2n) is 22.0. The van der Waals surface area contributed by atoms with Crippen molar-refractivity contribution in [3.63, 3.8) is 0 Å². The van der Waals surface area contributed by atoms with Crippen molar-refractivity contribution in [3.8, 4) is 50.7 Å². The van der Waals surface area contributed by atoms with Gasteiger partial charge in [-0.1, -0.05) is 164 Å². The molecule has 0 spiro atoms. The van der Waals surface area contributed by atoms with Crippen LogP contribution in [0.3, 0.4) is 0 Å². The van der Waals surface area contributed by atoms with Crippen molar-refractivity contribution in [3.05, 3.63) is 271 Å². The second-order valence-corrected chi connectivity index (χ2v) is 23.0. The predicted molar refractivity (Wildman–Crippen MR) is 327 cm³/mol. The van der Waals surface area contributed by atoms with Crippen LogP contribution < -0.4 is 17.8 Å². The van der Waals surface area contributed by atoms with Gasteiger partial charge < -0.3 is 4.42 Å². The van der Waals surface area contributed by atoms with Crippen molar-refractivity contribution in [2.75, 3.05) is 0 Å². The van der Waals surface area contributed by atoms with E-state index in [-0.39, 0.29) is 0 Å². The molecule has 12 heterocycles. The van der Waals surface area contributed by atoms with Crippen LogP contribution in [-0.2, 0) is 33.2 Å². The Morgan fingerprint density at radius 2 is 0.867 bits per heavy atom. The molecule has 11 nitrogen and oxygen atoms in total. The van der Waals surface area contributed by atoms with E-state index in [4.69, 9.17) is 4.42 Å². The van der Waals surface area contributed by atoms with Gasteiger partial charge in [0, 0.05) is 33.4 Å². The van der Waals surface area contributed by atoms with Gasteiger partial charge in [-0.25, -0.2) is 18.3 Å². The van der Waals surface area contributed by atoms with Gasteiger partial charge in [-0.2, -0.15) is 26.7 Å². The van der Waals surface area contributed by atoms with Gasteiger partial charge in [0.15, 0.2) is 28.0 Å². The van der Waals surface area contributed by atoms with Crippen molar-refractivity contribution in [2.24, 2.45) is 7.05 Å². The van der Waals surface area contributed by atoms with Gasteiger partial charge in [-0.15, -0.1) is 0 Å². The summed E-state index contributed by atoms with van der Waals surface area (Å²) >= 11 is 1.87. The fourth-order valence-corrected chi connectivity index (χ4v) is 14.9. The predicted octanol–water partition coefficient (Wildman–Crippen LogP) is 13.4. The molecule has 0 unspecified atom stereocenters. The summed E-state index contributed by atoms with van der Waals surface area (Å²) in [6.45, 7) is 3.77. The van der Waals surface area contributed by atoms with E-state index >= 15 is 0 Å². The van der Waals surface area contributed by atoms with Gasteiger partial charge in [0.25, 0.3) is 0 Å². The Balaban J connectivity index is 0.0000000851. The molecule has 0 fully saturated rings. The van der Waals surface area contributed by atoms with Gasteiger partial charge in [0.2, 0.25) is 0 Å². The highest BCUT2D eigenvalue weighted by atomic mass is 32.1. The van der Waals surface area contributed by atoms with Gasteiger partial charge >= 0.3 is 22.4 Å². The number of aromatic nitrogens is 10. The number of imidazole rings is 6. The zero-order valence-corrected chi connectivity index (χ0v) is 46.1. The Hall–Kier alpha value is -10.6. The highest BCUT2D eigenvalue weighted by Crippen LogP contribution is 2.39. The lowest BCUT2D eigenvalue weighted by Gasteiger charge is -2.01. The number of hydrogen-bond donors (Lipinski definition) is 0. The maximum absolute atomic E-state index is 5.99. The summed E-state index contributed by atoms with van der Waals surface area (Å²) in [5.74, 6) is 3.36. The molecule has 0 radical (unpaired) electrons. The van der Waals surface area contributed by atoms with E-state index in [1.807, 2.05) is 29.5 Å². The summed E-state index contributed by atoms with van der Waals surface area (Å²) in [5.41, 5.74) is 25.7. The third-order valence-electron chi connectivity index (χ3n) is 17.5. The molecule has 4 aliphatic rings. The molecule has 0 saturated carbocycles. The summed E-state index contributed by atoms with van der Waals surface area (Å²) in [5, 5.41) is 0. The maximum Gasteiger partial charge on any atom is 0.468 e. The standard InChI is InChI=1S/C22H16N3.C17H14N3.C16H11N2O.C16H11N2S/c1-2-9-17(10-3-1)25-20-13-7-6-12-19(20)24-15-21-18-11-5-4-8-16(18)14-23(21)22(24)25;1-18-14-8-4-5-9-15(14)20-11-16-13-7-3-2-6-12(13)10-19(16)17(18)20;2*1-2-6-12-11(5-1)9-17-14(12)10-18-13-7-3-4-8-15(13)19-16(17)18/h1-13,15H,14H2;2-9,11H,10H2,1H3;2*1-8,10H,9H2/q4*+1. The molecule has 9 aromatic carbocycles. The van der Waals surface area contributed by atoms with Crippen molar-refractivity contribution in [2.45, 2.75) is 26.2 Å². The van der Waals surface area contributed by atoms with Crippen LogP contribution in [-0.4, -0.2) is 27.2 Å². The average Bonchev–Trinajstić information content (AvgIpc) is 1.96. The average molecular weight is 1090 g/mol. The minimum Gasteiger partial charge on any atom is -0.387 e. The molecule has 0 atom stereocenters. The number of oxazole rings is 1. The van der Waals surface area contributed by atoms with E-state index in [1.165, 1.54) is 122 Å². The number of fused-ring (bicyclic) bond motifs is 28. The summed E-state index contributed by atoms with van der Waals surface area (Å²) in [6, 6.07) is 79.2. The first kappa shape index (κ1) is 46.2. The molecule has 21 rings (SSSR count). The van der Waals surface area contributed by atoms with Gasteiger partial charge in [-0.05, 0) is 83.1 Å². The smallest absolute Gasteiger partial charge is 0.387 e. The highest BCUT2D eigenvalue weighted by Gasteiger charge is 2.35. The summed E-state index contributed by atoms with van der Waals surface area (Å²) in [4.78, 5) is 1.33. The first-order chi connectivity index (χ1) is 41.1. The van der Waals surface area contributed by atoms with Crippen LogP contribution in [0.1, 0.15) is 22.3 Å². The van der Waals surface area contributed by atoms with Gasteiger partial charge in [0.1, 0.15) is 77.0 Å². The van der Waals surface area contributed by atoms with Gasteiger partial charge in [0.05, 0.1) is 24.8 Å². The van der Waals surface area contributed by atoms with Crippen LogP contribution in [0.25, 0.3) is 116 Å². The van der Waals surface area contributed by atoms with E-state index < -0.39 is 0 Å². The Bertz CT molecular complexity index is 5340. The molecule has 0 amide bonds. The van der Waals surface area contributed by atoms with E-state index in [9.17, 15) is 0 Å². The van der Waals surface area contributed by atoms with Crippen LogP contribution >= 0.6 is 11.3 Å². The normalized spacial score (nSPS) is 12.9. The Kier molecular flexibility index (Phi) is 9.87. The SMILES string of the molecule is C[n+]1c2ccccc2n2cc3n(c21)Cc1ccccc1-3.c1ccc(-n2c3ccccc3[n+]3cc4n(c23)Cc2ccccc2-4)cc1.c1ccc2c(c1)Cn1c-2c[n+]2c3ccccc3oc12.c1ccc2c(c1)Cn1c-2c[n+]2c3ccccc3sc12. The lowest BCUT2D eigenvalue weighted by atomic mass is 10.1. The summed E-state index contributed by atoms with van der Waals surface area (Å²) in [6.07, 6.45) is 9.00. The summed E-state index contributed by atoms with van der Waals surface area (Å²) in [7, 11) is 2.15. The van der Waals surface area contributed by atoms with Crippen molar-refractivity contribution in [1.82, 2.24) is 27.2 Å². The Labute approximate surface area is 479 Å². The molecule has 394 valence electrons. The minimum atomic E-state index is 0.891. The monoisotopic (exact) mass is 1090 g/mol. The lowest BCUT2D eigenvalue weighted by molar-refractivity contribution is -0.621. The number of hydrogen-bond acceptors (Lipinski definition) is 2. The molecular weight excluding hydrogens is 1040 g/mol. The maximum atomic E-state index is 5.99. The number of aryl methyl sites for hydroxylation is 1. The fourth-order valence-electron chi connectivity index (χ4n) is 13.7. The van der Waals surface area contributed by atoms with Crippen molar-refractivity contribution >= 4 is 77.1 Å². The lowest BCUT2D eigenvalue weighted by Crippen LogP contribution is -2.29. The number of thiazole rings is 1. The van der Waals surface area contributed by atoms with Crippen molar-refractivity contribution in [1.29, 1.82) is 0 Å². The number of para-hydroxylation sites is 8. The van der Waals surface area contributed by atoms with Crippen LogP contribution in [0.2, 0.25) is 0 Å². The quantitative estimate of drug-likeness (QED) is 0.151. The molecule has 8 aromatic heterocycles. The molecule has 0 saturated heterocycles. The zero-order chi connectivity index (χ0) is 54.4. The van der Waals surface area contributed by atoms with Crippen LogP contribution in [0, 0.1) is 0 Å². The number of benzene rings is 9. The topological polar surface area (TPSA) is 58.4 Å². The molecule has 17 aromatic rings. The fraction of sp³-hybridized carbons (Fsp3) is 0.0704. The third-order valence-corrected chi connectivity index (χ3v) is 18.7. The highest BCUT2D eigenvalue weighted by molar-refractivity contribution is 7.23. The molecule has 0 N–H and O–H groups in total. The van der Waals surface area contributed by atoms with E-state index in [1.54, 1.807) is 0 Å². The van der Waals surface area contributed by atoms with Crippen LogP contribution in [0.15, 0.2) is 254 Å². The first-order valence-corrected chi connectivity index (χ1v) is 29.2. The Morgan fingerprint density at radius 1 is 0.386 bits per heavy atom. The number of rotatable bonds is 1. The summed E-state index contributed by atoms with van der Waals surface area (Å²) < 4.78 is 30.6. The zero-order valence-electron chi connectivity index (χ0n) is 45.3. The second kappa shape index (κ2) is 17.7. The molecule has 4 aliphatic heterocycles. The first-order valence-electron chi connectivity index (χ1n) is 28.4. The molecule has 12 heteroatoms. The Morgan fingerprint density at radius 3 is 1.57 bits per heavy atom. The van der Waals surface area contributed by atoms with Crippen LogP contribution in [0.5, 0.6) is 0 Å². The minimum absolute atomic E-state index is 0.891. The number of nitrogens with zero attached hydrogens (tertiary/aromatic N) is 10. The molecule has 0 bridgehead atoms. The third kappa shape index (κ3) is 6.78. The van der Waals surface area contributed by atoms with E-state index in [0.717, 1.165) is 43.1 Å². The van der Waals surface area contributed by atoms with Crippen molar-refractivity contribution < 1.29 is 22.2 Å².